The van der Waals surface area contributed by atoms with Crippen LogP contribution < -0.4 is 4.74 Å². The van der Waals surface area contributed by atoms with Gasteiger partial charge in [0.1, 0.15) is 5.75 Å². The summed E-state index contributed by atoms with van der Waals surface area (Å²) in [5.41, 5.74) is 1.41. The monoisotopic (exact) mass is 176 g/mol. The van der Waals surface area contributed by atoms with Gasteiger partial charge in [-0.25, -0.2) is 4.85 Å². The molecule has 1 heterocycles. The van der Waals surface area contributed by atoms with Gasteiger partial charge in [0.2, 0.25) is 5.69 Å². The third kappa shape index (κ3) is 1.97. The SMILES string of the molecule is [C-]#[N+]c1cnc(C(C)C)c(OC)c1. The second-order valence-electron chi connectivity index (χ2n) is 3.05. The number of hydrogen-bond donors (Lipinski definition) is 0. The topological polar surface area (TPSA) is 26.5 Å². The van der Waals surface area contributed by atoms with Crippen molar-refractivity contribution in [1.82, 2.24) is 4.98 Å². The Morgan fingerprint density at radius 3 is 2.69 bits per heavy atom. The van der Waals surface area contributed by atoms with E-state index in [1.165, 1.54) is 0 Å². The number of rotatable bonds is 2. The summed E-state index contributed by atoms with van der Waals surface area (Å²) >= 11 is 0. The quantitative estimate of drug-likeness (QED) is 0.648. The van der Waals surface area contributed by atoms with Crippen LogP contribution in [0.2, 0.25) is 0 Å². The standard InChI is InChI=1S/C10H12N2O/c1-7(2)10-9(13-4)5-8(11-3)6-12-10/h5-7H,1-2,4H3. The molecule has 0 radical (unpaired) electrons. The summed E-state index contributed by atoms with van der Waals surface area (Å²) < 4.78 is 5.14. The first-order valence-electron chi connectivity index (χ1n) is 4.10. The summed E-state index contributed by atoms with van der Waals surface area (Å²) in [4.78, 5) is 7.47. The molecule has 0 saturated heterocycles. The van der Waals surface area contributed by atoms with E-state index in [9.17, 15) is 0 Å². The fourth-order valence-electron chi connectivity index (χ4n) is 1.10. The zero-order valence-electron chi connectivity index (χ0n) is 8.03. The second-order valence-corrected chi connectivity index (χ2v) is 3.05. The maximum atomic E-state index is 6.82. The van der Waals surface area contributed by atoms with Crippen LogP contribution in [0.3, 0.4) is 0 Å². The van der Waals surface area contributed by atoms with E-state index in [-0.39, 0.29) is 0 Å². The molecule has 13 heavy (non-hydrogen) atoms. The Bertz CT molecular complexity index is 339. The summed E-state index contributed by atoms with van der Waals surface area (Å²) in [6.45, 7) is 10.9. The van der Waals surface area contributed by atoms with Gasteiger partial charge in [-0.15, -0.1) is 0 Å². The molecule has 0 amide bonds. The van der Waals surface area contributed by atoms with E-state index in [0.717, 1.165) is 5.69 Å². The van der Waals surface area contributed by atoms with Crippen LogP contribution in [0, 0.1) is 6.57 Å². The van der Waals surface area contributed by atoms with Crippen LogP contribution in [0.15, 0.2) is 12.3 Å². The van der Waals surface area contributed by atoms with Crippen molar-refractivity contribution in [3.8, 4) is 5.75 Å². The zero-order chi connectivity index (χ0) is 9.84. The summed E-state index contributed by atoms with van der Waals surface area (Å²) in [6, 6.07) is 1.72. The summed E-state index contributed by atoms with van der Waals surface area (Å²) in [7, 11) is 1.59. The highest BCUT2D eigenvalue weighted by molar-refractivity contribution is 5.49. The second kappa shape index (κ2) is 3.90. The fraction of sp³-hybridized carbons (Fsp3) is 0.400. The van der Waals surface area contributed by atoms with E-state index in [2.05, 4.69) is 9.83 Å². The van der Waals surface area contributed by atoms with Crippen LogP contribution in [-0.4, -0.2) is 12.1 Å². The van der Waals surface area contributed by atoms with E-state index in [1.54, 1.807) is 19.4 Å². The Morgan fingerprint density at radius 1 is 1.54 bits per heavy atom. The van der Waals surface area contributed by atoms with Crippen LogP contribution in [0.5, 0.6) is 5.75 Å². The average molecular weight is 176 g/mol. The predicted octanol–water partition coefficient (Wildman–Crippen LogP) is 2.76. The molecule has 0 spiro atoms. The number of pyridine rings is 1. The van der Waals surface area contributed by atoms with Crippen LogP contribution in [0.4, 0.5) is 5.69 Å². The van der Waals surface area contributed by atoms with Crippen molar-refractivity contribution < 1.29 is 4.74 Å². The van der Waals surface area contributed by atoms with Gasteiger partial charge in [0.15, 0.2) is 0 Å². The number of methoxy groups -OCH3 is 1. The Morgan fingerprint density at radius 2 is 2.23 bits per heavy atom. The van der Waals surface area contributed by atoms with Crippen LogP contribution in [0.1, 0.15) is 25.5 Å². The first-order valence-corrected chi connectivity index (χ1v) is 4.10. The minimum absolute atomic E-state index is 0.315. The molecule has 0 bridgehead atoms. The smallest absolute Gasteiger partial charge is 0.208 e. The predicted molar refractivity (Wildman–Crippen MR) is 51.1 cm³/mol. The molecule has 0 aliphatic carbocycles. The Kier molecular flexibility index (Phi) is 2.86. The molecule has 0 aliphatic rings. The fourth-order valence-corrected chi connectivity index (χ4v) is 1.10. The van der Waals surface area contributed by atoms with Gasteiger partial charge in [-0.1, -0.05) is 13.8 Å². The molecular formula is C10H12N2O. The lowest BCUT2D eigenvalue weighted by Crippen LogP contribution is -1.96. The molecule has 0 fully saturated rings. The van der Waals surface area contributed by atoms with Crippen molar-refractivity contribution in [2.24, 2.45) is 0 Å². The summed E-state index contributed by atoms with van der Waals surface area (Å²) in [6.07, 6.45) is 1.57. The molecule has 1 rings (SSSR count). The molecular weight excluding hydrogens is 164 g/mol. The van der Waals surface area contributed by atoms with Crippen LogP contribution in [-0.2, 0) is 0 Å². The van der Waals surface area contributed by atoms with Crippen molar-refractivity contribution in [1.29, 1.82) is 0 Å². The van der Waals surface area contributed by atoms with Gasteiger partial charge in [0.25, 0.3) is 0 Å². The summed E-state index contributed by atoms with van der Waals surface area (Å²) in [5.74, 6) is 1.01. The minimum atomic E-state index is 0.315. The van der Waals surface area contributed by atoms with Gasteiger partial charge >= 0.3 is 0 Å². The van der Waals surface area contributed by atoms with Crippen molar-refractivity contribution in [3.63, 3.8) is 0 Å². The van der Waals surface area contributed by atoms with E-state index in [1.807, 2.05) is 13.8 Å². The highest BCUT2D eigenvalue weighted by atomic mass is 16.5. The van der Waals surface area contributed by atoms with Crippen LogP contribution >= 0.6 is 0 Å². The number of hydrogen-bond acceptors (Lipinski definition) is 2. The molecule has 3 heteroatoms. The van der Waals surface area contributed by atoms with Gasteiger partial charge in [-0.2, -0.15) is 0 Å². The maximum Gasteiger partial charge on any atom is 0.208 e. The molecule has 1 aromatic heterocycles. The number of ether oxygens (including phenoxy) is 1. The van der Waals surface area contributed by atoms with Crippen molar-refractivity contribution in [2.75, 3.05) is 7.11 Å². The first kappa shape index (κ1) is 9.53. The molecule has 0 aromatic carbocycles. The molecule has 3 nitrogen and oxygen atoms in total. The van der Waals surface area contributed by atoms with Crippen molar-refractivity contribution in [2.45, 2.75) is 19.8 Å². The van der Waals surface area contributed by atoms with E-state index in [0.29, 0.717) is 17.4 Å². The van der Waals surface area contributed by atoms with E-state index >= 15 is 0 Å². The molecule has 0 saturated carbocycles. The molecule has 1 aromatic rings. The zero-order valence-corrected chi connectivity index (χ0v) is 8.03. The van der Waals surface area contributed by atoms with Crippen LogP contribution in [0.25, 0.3) is 4.85 Å². The maximum absolute atomic E-state index is 6.82. The van der Waals surface area contributed by atoms with E-state index in [4.69, 9.17) is 11.3 Å². The molecule has 0 atom stereocenters. The normalized spacial score (nSPS) is 9.77. The molecule has 0 unspecified atom stereocenters. The number of aromatic nitrogens is 1. The lowest BCUT2D eigenvalue weighted by molar-refractivity contribution is 0.404. The lowest BCUT2D eigenvalue weighted by Gasteiger charge is -2.09. The molecule has 68 valence electrons. The highest BCUT2D eigenvalue weighted by Gasteiger charge is 2.08. The molecule has 0 N–H and O–H groups in total. The van der Waals surface area contributed by atoms with Gasteiger partial charge in [-0.05, 0) is 12.0 Å². The van der Waals surface area contributed by atoms with Gasteiger partial charge in [-0.3, -0.25) is 4.98 Å². The largest absolute Gasteiger partial charge is 0.496 e. The first-order chi connectivity index (χ1) is 6.19. The third-order valence-corrected chi connectivity index (χ3v) is 1.76. The Hall–Kier alpha value is -1.56. The van der Waals surface area contributed by atoms with Crippen molar-refractivity contribution >= 4 is 5.69 Å². The average Bonchev–Trinajstić information content (AvgIpc) is 2.16. The number of nitrogens with zero attached hydrogens (tertiary/aromatic N) is 2. The van der Waals surface area contributed by atoms with E-state index < -0.39 is 0 Å². The Labute approximate surface area is 78.2 Å². The van der Waals surface area contributed by atoms with Gasteiger partial charge < -0.3 is 4.74 Å². The minimum Gasteiger partial charge on any atom is -0.496 e. The third-order valence-electron chi connectivity index (χ3n) is 1.76. The van der Waals surface area contributed by atoms with Gasteiger partial charge in [0, 0.05) is 6.20 Å². The van der Waals surface area contributed by atoms with Crippen molar-refractivity contribution in [3.05, 3.63) is 29.4 Å². The Balaban J connectivity index is 3.17. The van der Waals surface area contributed by atoms with Gasteiger partial charge in [0.05, 0.1) is 19.4 Å². The summed E-state index contributed by atoms with van der Waals surface area (Å²) in [5, 5.41) is 0. The highest BCUT2D eigenvalue weighted by Crippen LogP contribution is 2.27. The molecule has 0 aliphatic heterocycles. The lowest BCUT2D eigenvalue weighted by atomic mass is 10.1.